The lowest BCUT2D eigenvalue weighted by molar-refractivity contribution is -0.207. The molecule has 0 aromatic heterocycles. The second kappa shape index (κ2) is 8.00. The van der Waals surface area contributed by atoms with E-state index in [0.717, 1.165) is 11.1 Å². The van der Waals surface area contributed by atoms with Gasteiger partial charge in [-0.05, 0) is 50.2 Å². The first-order chi connectivity index (χ1) is 11.0. The van der Waals surface area contributed by atoms with Crippen LogP contribution in [0.4, 0.5) is 0 Å². The van der Waals surface area contributed by atoms with Gasteiger partial charge in [0.25, 0.3) is 0 Å². The third-order valence-electron chi connectivity index (χ3n) is 3.08. The first kappa shape index (κ1) is 17.3. The van der Waals surface area contributed by atoms with Crippen LogP contribution >= 0.6 is 8.20 Å². The largest absolute Gasteiger partial charge is 0.823 e. The summed E-state index contributed by atoms with van der Waals surface area (Å²) in [6.45, 7) is 3.95. The maximum Gasteiger partial charge on any atom is 0.129 e. The third-order valence-corrected chi connectivity index (χ3v) is 4.06. The van der Waals surface area contributed by atoms with Crippen molar-refractivity contribution in [2.75, 3.05) is 14.2 Å². The lowest BCUT2D eigenvalue weighted by atomic mass is 10.2. The fraction of sp³-hybridized carbons (Fsp3) is 0.278. The standard InChI is InChI=1S/C18H21O4P/c1-12(2)22-13-8-10-14(11-9-13)23-18(19)17-15(20-3)6-5-7-16(17)21-4/h5-12,19H,1-4H3/p-1. The van der Waals surface area contributed by atoms with Gasteiger partial charge < -0.3 is 19.3 Å². The minimum Gasteiger partial charge on any atom is -0.823 e. The molecule has 0 spiro atoms. The van der Waals surface area contributed by atoms with Crippen LogP contribution in [0.25, 0.3) is 0 Å². The fourth-order valence-corrected chi connectivity index (χ4v) is 2.97. The highest BCUT2D eigenvalue weighted by Crippen LogP contribution is 2.29. The van der Waals surface area contributed by atoms with Crippen LogP contribution in [-0.2, 0) is 0 Å². The second-order valence-corrected chi connectivity index (χ2v) is 6.26. The smallest absolute Gasteiger partial charge is 0.129 e. The van der Waals surface area contributed by atoms with Gasteiger partial charge in [-0.3, -0.25) is 0 Å². The predicted molar refractivity (Wildman–Crippen MR) is 92.4 cm³/mol. The van der Waals surface area contributed by atoms with Crippen LogP contribution in [0.15, 0.2) is 42.5 Å². The van der Waals surface area contributed by atoms with E-state index in [2.05, 4.69) is 0 Å². The summed E-state index contributed by atoms with van der Waals surface area (Å²) < 4.78 is 16.2. The molecule has 0 aliphatic carbocycles. The summed E-state index contributed by atoms with van der Waals surface area (Å²) in [5.74, 6) is 1.82. The van der Waals surface area contributed by atoms with Gasteiger partial charge in [-0.1, -0.05) is 19.8 Å². The van der Waals surface area contributed by atoms with Gasteiger partial charge in [0.2, 0.25) is 0 Å². The van der Waals surface area contributed by atoms with E-state index in [9.17, 15) is 5.11 Å². The van der Waals surface area contributed by atoms with Crippen molar-refractivity contribution in [3.63, 3.8) is 0 Å². The van der Waals surface area contributed by atoms with E-state index in [1.165, 1.54) is 0 Å². The number of hydrogen-bond acceptors (Lipinski definition) is 4. The summed E-state index contributed by atoms with van der Waals surface area (Å²) in [5, 5.41) is 13.5. The quantitative estimate of drug-likeness (QED) is 0.764. The lowest BCUT2D eigenvalue weighted by Crippen LogP contribution is -2.19. The molecular weight excluding hydrogens is 311 g/mol. The van der Waals surface area contributed by atoms with E-state index in [-0.39, 0.29) is 11.6 Å². The van der Waals surface area contributed by atoms with E-state index >= 15 is 0 Å². The Morgan fingerprint density at radius 1 is 0.957 bits per heavy atom. The van der Waals surface area contributed by atoms with Crippen molar-refractivity contribution in [1.29, 1.82) is 0 Å². The van der Waals surface area contributed by atoms with Gasteiger partial charge >= 0.3 is 0 Å². The highest BCUT2D eigenvalue weighted by Gasteiger charge is 2.08. The van der Waals surface area contributed by atoms with Crippen LogP contribution in [0.3, 0.4) is 0 Å². The highest BCUT2D eigenvalue weighted by molar-refractivity contribution is 7.49. The van der Waals surface area contributed by atoms with Crippen molar-refractivity contribution in [2.24, 2.45) is 0 Å². The molecule has 0 aliphatic rings. The number of ether oxygens (including phenoxy) is 3. The maximum atomic E-state index is 12.6. The van der Waals surface area contributed by atoms with E-state index in [1.54, 1.807) is 32.4 Å². The molecule has 0 radical (unpaired) electrons. The summed E-state index contributed by atoms with van der Waals surface area (Å²) in [4.78, 5) is 0. The fourth-order valence-electron chi connectivity index (χ4n) is 2.11. The van der Waals surface area contributed by atoms with Crippen molar-refractivity contribution >= 4 is 19.0 Å². The molecule has 0 heterocycles. The Hall–Kier alpha value is -2.03. The molecule has 122 valence electrons. The van der Waals surface area contributed by atoms with Crippen molar-refractivity contribution in [3.05, 3.63) is 48.0 Å². The molecule has 0 atom stereocenters. The summed E-state index contributed by atoms with van der Waals surface area (Å²) in [6, 6.07) is 12.8. The minimum atomic E-state index is -0.0724. The van der Waals surface area contributed by atoms with Gasteiger partial charge in [-0.15, -0.1) is 0 Å². The van der Waals surface area contributed by atoms with Gasteiger partial charge in [-0.2, -0.15) is 0 Å². The Labute approximate surface area is 138 Å². The van der Waals surface area contributed by atoms with E-state index in [0.29, 0.717) is 25.3 Å². The molecule has 5 heteroatoms. The van der Waals surface area contributed by atoms with Gasteiger partial charge in [0.15, 0.2) is 0 Å². The molecule has 23 heavy (non-hydrogen) atoms. The topological polar surface area (TPSA) is 50.8 Å². The van der Waals surface area contributed by atoms with Crippen LogP contribution in [0.2, 0.25) is 0 Å². The van der Waals surface area contributed by atoms with Crippen LogP contribution in [0.1, 0.15) is 19.4 Å². The van der Waals surface area contributed by atoms with Gasteiger partial charge in [-0.25, -0.2) is 0 Å². The average molecular weight is 331 g/mol. The zero-order valence-electron chi connectivity index (χ0n) is 13.7. The van der Waals surface area contributed by atoms with Crippen LogP contribution in [-0.4, -0.2) is 25.8 Å². The summed E-state index contributed by atoms with van der Waals surface area (Å²) in [7, 11) is 3.64. The number of methoxy groups -OCH3 is 2. The summed E-state index contributed by atoms with van der Waals surface area (Å²) >= 11 is 0. The molecule has 0 bridgehead atoms. The first-order valence-electron chi connectivity index (χ1n) is 7.29. The Morgan fingerprint density at radius 3 is 2.00 bits per heavy atom. The molecule has 2 rings (SSSR count). The lowest BCUT2D eigenvalue weighted by Gasteiger charge is -2.19. The Morgan fingerprint density at radius 2 is 1.52 bits per heavy atom. The first-order valence-corrected chi connectivity index (χ1v) is 8.18. The Bertz CT molecular complexity index is 656. The molecule has 0 fully saturated rings. The second-order valence-electron chi connectivity index (χ2n) is 5.11. The summed E-state index contributed by atoms with van der Waals surface area (Å²) in [5.41, 5.74) is 0.388. The molecule has 2 aromatic carbocycles. The molecule has 0 aliphatic heterocycles. The van der Waals surface area contributed by atoms with Crippen LogP contribution in [0, 0.1) is 0 Å². The zero-order valence-corrected chi connectivity index (χ0v) is 14.6. The molecule has 0 N–H and O–H groups in total. The van der Waals surface area contributed by atoms with Gasteiger partial charge in [0, 0.05) is 10.9 Å². The number of rotatable bonds is 6. The molecule has 0 saturated heterocycles. The van der Waals surface area contributed by atoms with E-state index < -0.39 is 0 Å². The maximum absolute atomic E-state index is 12.6. The SMILES string of the molecule is COc1cccc(OC)c1C([O-])=Pc1ccc(OC(C)C)cc1. The molecular formula is C18H20O4P-. The van der Waals surface area contributed by atoms with Gasteiger partial charge in [0.05, 0.1) is 20.3 Å². The summed E-state index contributed by atoms with van der Waals surface area (Å²) in [6.07, 6.45) is 0.123. The average Bonchev–Trinajstić information content (AvgIpc) is 2.55. The van der Waals surface area contributed by atoms with Crippen LogP contribution < -0.4 is 24.6 Å². The molecule has 0 saturated carbocycles. The van der Waals surface area contributed by atoms with Crippen molar-refractivity contribution in [2.45, 2.75) is 20.0 Å². The van der Waals surface area contributed by atoms with Crippen molar-refractivity contribution < 1.29 is 19.3 Å². The number of benzene rings is 2. The van der Waals surface area contributed by atoms with E-state index in [4.69, 9.17) is 14.2 Å². The van der Waals surface area contributed by atoms with Crippen molar-refractivity contribution in [3.8, 4) is 17.2 Å². The predicted octanol–water partition coefficient (Wildman–Crippen LogP) is 2.60. The minimum absolute atomic E-state index is 0.0724. The molecule has 2 aromatic rings. The van der Waals surface area contributed by atoms with Gasteiger partial charge in [0.1, 0.15) is 17.2 Å². The Balaban J connectivity index is 2.33. The normalized spacial score (nSPS) is 11.5. The van der Waals surface area contributed by atoms with Crippen LogP contribution in [0.5, 0.6) is 17.2 Å². The number of hydrogen-bond donors (Lipinski definition) is 0. The zero-order chi connectivity index (χ0) is 16.8. The van der Waals surface area contributed by atoms with Crippen molar-refractivity contribution in [1.82, 2.24) is 0 Å². The molecule has 0 unspecified atom stereocenters. The third kappa shape index (κ3) is 4.47. The molecule has 0 amide bonds. The van der Waals surface area contributed by atoms with E-state index in [1.807, 2.05) is 38.1 Å². The molecule has 4 nitrogen and oxygen atoms in total. The monoisotopic (exact) mass is 331 g/mol. The Kier molecular flexibility index (Phi) is 6.03. The highest BCUT2D eigenvalue weighted by atomic mass is 31.1.